The van der Waals surface area contributed by atoms with Gasteiger partial charge < -0.3 is 9.84 Å². The van der Waals surface area contributed by atoms with E-state index in [0.29, 0.717) is 11.4 Å². The van der Waals surface area contributed by atoms with Crippen molar-refractivity contribution in [2.45, 2.75) is 13.8 Å². The van der Waals surface area contributed by atoms with Crippen LogP contribution in [0.5, 0.6) is 5.88 Å². The van der Waals surface area contributed by atoms with Crippen LogP contribution in [-0.2, 0) is 4.74 Å². The molecule has 8 nitrogen and oxygen atoms in total. The Hall–Kier alpha value is -3.65. The van der Waals surface area contributed by atoms with Gasteiger partial charge in [0.2, 0.25) is 5.88 Å². The zero-order valence-electron chi connectivity index (χ0n) is 16.2. The maximum absolute atomic E-state index is 12.3. The topological polar surface area (TPSA) is 114 Å². The van der Waals surface area contributed by atoms with E-state index in [-0.39, 0.29) is 22.8 Å². The number of rotatable bonds is 5. The van der Waals surface area contributed by atoms with E-state index in [1.165, 1.54) is 18.2 Å². The third-order valence-electron chi connectivity index (χ3n) is 4.17. The van der Waals surface area contributed by atoms with E-state index in [4.69, 9.17) is 16.3 Å². The molecule has 1 aromatic heterocycles. The van der Waals surface area contributed by atoms with Crippen LogP contribution >= 0.6 is 11.6 Å². The first-order valence-corrected chi connectivity index (χ1v) is 9.35. The predicted octanol–water partition coefficient (Wildman–Crippen LogP) is 3.12. The molecular formula is C21H18ClN3O5. The van der Waals surface area contributed by atoms with Gasteiger partial charge in [-0.15, -0.1) is 0 Å². The molecule has 9 heteroatoms. The summed E-state index contributed by atoms with van der Waals surface area (Å²) in [6.07, 6.45) is 1.11. The van der Waals surface area contributed by atoms with Crippen molar-refractivity contribution in [3.8, 4) is 11.6 Å². The number of hydrogen-bond donors (Lipinski definition) is 2. The van der Waals surface area contributed by atoms with Crippen molar-refractivity contribution >= 4 is 29.5 Å². The van der Waals surface area contributed by atoms with Crippen molar-refractivity contribution in [3.63, 3.8) is 0 Å². The highest BCUT2D eigenvalue weighted by Crippen LogP contribution is 2.24. The summed E-state index contributed by atoms with van der Waals surface area (Å²) in [5.74, 6) is -1.16. The Labute approximate surface area is 176 Å². The van der Waals surface area contributed by atoms with Gasteiger partial charge in [-0.2, -0.15) is 0 Å². The minimum absolute atomic E-state index is 0.121. The van der Waals surface area contributed by atoms with Gasteiger partial charge in [0.25, 0.3) is 5.56 Å². The largest absolute Gasteiger partial charge is 0.493 e. The molecule has 0 aliphatic carbocycles. The second kappa shape index (κ2) is 8.79. The number of benzene rings is 2. The third-order valence-corrected chi connectivity index (χ3v) is 4.50. The highest BCUT2D eigenvalue weighted by Gasteiger charge is 2.15. The molecule has 30 heavy (non-hydrogen) atoms. The van der Waals surface area contributed by atoms with Crippen LogP contribution in [0.4, 0.5) is 5.69 Å². The van der Waals surface area contributed by atoms with Crippen LogP contribution in [0.25, 0.3) is 5.69 Å². The van der Waals surface area contributed by atoms with E-state index in [2.05, 4.69) is 9.98 Å². The molecule has 1 heterocycles. The van der Waals surface area contributed by atoms with Gasteiger partial charge in [-0.1, -0.05) is 23.7 Å². The minimum atomic E-state index is -0.801. The molecule has 0 unspecified atom stereocenters. The number of hydrogen-bond acceptors (Lipinski definition) is 6. The lowest BCUT2D eigenvalue weighted by atomic mass is 10.2. The molecule has 0 bridgehead atoms. The normalized spacial score (nSPS) is 11.0. The molecule has 0 spiro atoms. The Morgan fingerprint density at radius 2 is 2.03 bits per heavy atom. The molecule has 0 amide bonds. The average Bonchev–Trinajstić information content (AvgIpc) is 2.69. The maximum atomic E-state index is 12.3. The first-order valence-electron chi connectivity index (χ1n) is 8.98. The van der Waals surface area contributed by atoms with Crippen LogP contribution in [0.2, 0.25) is 5.02 Å². The van der Waals surface area contributed by atoms with Gasteiger partial charge >= 0.3 is 11.7 Å². The first kappa shape index (κ1) is 21.1. The number of H-pyrrole nitrogens is 1. The summed E-state index contributed by atoms with van der Waals surface area (Å²) in [6.45, 7) is 3.69. The van der Waals surface area contributed by atoms with Crippen molar-refractivity contribution in [1.82, 2.24) is 9.55 Å². The van der Waals surface area contributed by atoms with E-state index in [0.717, 1.165) is 16.3 Å². The number of aryl methyl sites for hydroxylation is 1. The highest BCUT2D eigenvalue weighted by molar-refractivity contribution is 6.33. The molecule has 0 atom stereocenters. The van der Waals surface area contributed by atoms with E-state index in [1.807, 2.05) is 13.0 Å². The molecule has 0 fully saturated rings. The summed E-state index contributed by atoms with van der Waals surface area (Å²) in [5, 5.41) is 10.8. The summed E-state index contributed by atoms with van der Waals surface area (Å²) < 4.78 is 5.92. The number of aromatic nitrogens is 2. The fourth-order valence-electron chi connectivity index (χ4n) is 2.76. The summed E-state index contributed by atoms with van der Waals surface area (Å²) in [6, 6.07) is 11.3. The van der Waals surface area contributed by atoms with Gasteiger partial charge in [0.15, 0.2) is 0 Å². The van der Waals surface area contributed by atoms with Crippen LogP contribution in [0.1, 0.15) is 28.4 Å². The Morgan fingerprint density at radius 3 is 2.73 bits per heavy atom. The SMILES string of the molecule is CCOC(=O)c1cc(N=Cc2c(O)n(-c3cccc(C)c3)c(=O)[nH]c2=O)ccc1Cl. The van der Waals surface area contributed by atoms with Crippen LogP contribution < -0.4 is 11.2 Å². The van der Waals surface area contributed by atoms with Gasteiger partial charge in [-0.05, 0) is 49.7 Å². The fraction of sp³-hybridized carbons (Fsp3) is 0.143. The molecule has 2 aromatic carbocycles. The number of ether oxygens (including phenoxy) is 1. The van der Waals surface area contributed by atoms with E-state index in [9.17, 15) is 19.5 Å². The lowest BCUT2D eigenvalue weighted by Crippen LogP contribution is -2.31. The molecule has 2 N–H and O–H groups in total. The number of carbonyl (C=O) groups excluding carboxylic acids is 1. The van der Waals surface area contributed by atoms with Crippen molar-refractivity contribution in [1.29, 1.82) is 0 Å². The average molecular weight is 428 g/mol. The smallest absolute Gasteiger partial charge is 0.339 e. The lowest BCUT2D eigenvalue weighted by Gasteiger charge is -2.10. The van der Waals surface area contributed by atoms with E-state index < -0.39 is 23.1 Å². The Morgan fingerprint density at radius 1 is 1.27 bits per heavy atom. The summed E-state index contributed by atoms with van der Waals surface area (Å²) in [7, 11) is 0. The van der Waals surface area contributed by atoms with Crippen LogP contribution in [0.15, 0.2) is 57.0 Å². The zero-order valence-corrected chi connectivity index (χ0v) is 16.9. The van der Waals surface area contributed by atoms with Crippen molar-refractivity contribution in [2.24, 2.45) is 4.99 Å². The number of aromatic amines is 1. The first-order chi connectivity index (χ1) is 14.3. The monoisotopic (exact) mass is 427 g/mol. The van der Waals surface area contributed by atoms with E-state index in [1.54, 1.807) is 25.1 Å². The summed E-state index contributed by atoms with van der Waals surface area (Å²) in [5.41, 5.74) is -0.122. The number of aromatic hydroxyl groups is 1. The van der Waals surface area contributed by atoms with Gasteiger partial charge in [0.1, 0.15) is 5.56 Å². The second-order valence-electron chi connectivity index (χ2n) is 6.31. The third kappa shape index (κ3) is 4.33. The Bertz CT molecular complexity index is 1260. The van der Waals surface area contributed by atoms with Crippen LogP contribution in [0.3, 0.4) is 0 Å². The number of nitrogens with one attached hydrogen (secondary N) is 1. The summed E-state index contributed by atoms with van der Waals surface area (Å²) in [4.78, 5) is 42.8. The van der Waals surface area contributed by atoms with Crippen molar-refractivity contribution < 1.29 is 14.6 Å². The maximum Gasteiger partial charge on any atom is 0.339 e. The molecule has 3 aromatic rings. The molecular weight excluding hydrogens is 410 g/mol. The predicted molar refractivity (Wildman–Crippen MR) is 114 cm³/mol. The quantitative estimate of drug-likeness (QED) is 0.479. The van der Waals surface area contributed by atoms with Crippen LogP contribution in [0, 0.1) is 6.92 Å². The number of halogens is 1. The number of carbonyl (C=O) groups is 1. The molecule has 3 rings (SSSR count). The van der Waals surface area contributed by atoms with Gasteiger partial charge in [-0.3, -0.25) is 14.8 Å². The van der Waals surface area contributed by atoms with Gasteiger partial charge in [0.05, 0.1) is 28.6 Å². The molecule has 154 valence electrons. The lowest BCUT2D eigenvalue weighted by molar-refractivity contribution is 0.0526. The molecule has 0 aliphatic heterocycles. The van der Waals surface area contributed by atoms with Crippen LogP contribution in [-0.4, -0.2) is 33.4 Å². The second-order valence-corrected chi connectivity index (χ2v) is 6.72. The molecule has 0 radical (unpaired) electrons. The number of esters is 1. The standard InChI is InChI=1S/C21H18ClN3O5/c1-3-30-20(28)15-10-13(7-8-17(15)22)23-11-16-18(26)24-21(29)25(19(16)27)14-6-4-5-12(2)9-14/h4-11,27H,3H2,1-2H3,(H,24,26,29). The van der Waals surface area contributed by atoms with Crippen molar-refractivity contribution in [3.05, 3.63) is 85.0 Å². The summed E-state index contributed by atoms with van der Waals surface area (Å²) >= 11 is 6.03. The molecule has 0 saturated carbocycles. The Balaban J connectivity index is 2.06. The zero-order chi connectivity index (χ0) is 21.8. The highest BCUT2D eigenvalue weighted by atomic mass is 35.5. The molecule has 0 aliphatic rings. The molecule has 0 saturated heterocycles. The van der Waals surface area contributed by atoms with E-state index >= 15 is 0 Å². The Kier molecular flexibility index (Phi) is 6.17. The van der Waals surface area contributed by atoms with Crippen molar-refractivity contribution in [2.75, 3.05) is 6.61 Å². The number of nitrogens with zero attached hydrogens (tertiary/aromatic N) is 2. The fourth-order valence-corrected chi connectivity index (χ4v) is 2.95. The number of aliphatic imine (C=N–C) groups is 1. The minimum Gasteiger partial charge on any atom is -0.493 e. The van der Waals surface area contributed by atoms with Gasteiger partial charge in [0, 0.05) is 6.21 Å². The van der Waals surface area contributed by atoms with Gasteiger partial charge in [-0.25, -0.2) is 14.2 Å².